The number of rotatable bonds is 3. The van der Waals surface area contributed by atoms with Gasteiger partial charge >= 0.3 is 12.3 Å². The van der Waals surface area contributed by atoms with Crippen LogP contribution in [0.25, 0.3) is 0 Å². The van der Waals surface area contributed by atoms with E-state index in [9.17, 15) is 18.0 Å². The molecule has 1 aromatic rings. The zero-order valence-corrected chi connectivity index (χ0v) is 10.8. The summed E-state index contributed by atoms with van der Waals surface area (Å²) >= 11 is 0. The first-order valence-corrected chi connectivity index (χ1v) is 6.04. The van der Waals surface area contributed by atoms with E-state index < -0.39 is 23.4 Å². The molecular formula is C13H14F3NO3. The Labute approximate surface area is 113 Å². The highest BCUT2D eigenvalue weighted by Crippen LogP contribution is 2.33. The molecule has 0 radical (unpaired) electrons. The van der Waals surface area contributed by atoms with Gasteiger partial charge in [-0.2, -0.15) is 13.2 Å². The van der Waals surface area contributed by atoms with E-state index in [4.69, 9.17) is 9.84 Å². The molecule has 20 heavy (non-hydrogen) atoms. The molecule has 0 aromatic heterocycles. The number of hydrogen-bond acceptors (Lipinski definition) is 3. The van der Waals surface area contributed by atoms with Crippen LogP contribution in [-0.4, -0.2) is 30.0 Å². The van der Waals surface area contributed by atoms with Crippen molar-refractivity contribution in [3.05, 3.63) is 29.8 Å². The molecule has 0 spiro atoms. The average Bonchev–Trinajstić information content (AvgIpc) is 2.64. The Morgan fingerprint density at radius 1 is 1.35 bits per heavy atom. The molecule has 1 unspecified atom stereocenters. The molecule has 1 N–H and O–H groups in total. The maximum absolute atomic E-state index is 12.5. The van der Waals surface area contributed by atoms with Crippen LogP contribution < -0.4 is 4.90 Å². The largest absolute Gasteiger partial charge is 0.441 e. The Kier molecular flexibility index (Phi) is 3.64. The van der Waals surface area contributed by atoms with Gasteiger partial charge in [-0.1, -0.05) is 0 Å². The van der Waals surface area contributed by atoms with Crippen molar-refractivity contribution < 1.29 is 27.8 Å². The lowest BCUT2D eigenvalue weighted by Crippen LogP contribution is -2.32. The van der Waals surface area contributed by atoms with Crippen LogP contribution in [0.5, 0.6) is 0 Å². The summed E-state index contributed by atoms with van der Waals surface area (Å²) in [5.41, 5.74) is -1.26. The Balaban J connectivity index is 2.19. The van der Waals surface area contributed by atoms with E-state index in [2.05, 4.69) is 0 Å². The summed E-state index contributed by atoms with van der Waals surface area (Å²) in [4.78, 5) is 13.0. The number of anilines is 1. The van der Waals surface area contributed by atoms with Crippen molar-refractivity contribution in [1.29, 1.82) is 0 Å². The number of aliphatic hydroxyl groups excluding tert-OH is 1. The Morgan fingerprint density at radius 3 is 2.45 bits per heavy atom. The van der Waals surface area contributed by atoms with Crippen LogP contribution in [-0.2, 0) is 10.9 Å². The molecule has 110 valence electrons. The summed E-state index contributed by atoms with van der Waals surface area (Å²) in [5, 5.41) is 8.93. The molecule has 1 aliphatic heterocycles. The fraction of sp³-hybridized carbons (Fsp3) is 0.462. The smallest absolute Gasteiger partial charge is 0.416 e. The van der Waals surface area contributed by atoms with Gasteiger partial charge in [-0.05, 0) is 31.2 Å². The fourth-order valence-electron chi connectivity index (χ4n) is 2.09. The summed E-state index contributed by atoms with van der Waals surface area (Å²) < 4.78 is 42.6. The predicted molar refractivity (Wildman–Crippen MR) is 65.4 cm³/mol. The number of amides is 1. The van der Waals surface area contributed by atoms with Gasteiger partial charge in [-0.15, -0.1) is 0 Å². The molecule has 1 aliphatic rings. The highest BCUT2D eigenvalue weighted by Gasteiger charge is 2.41. The molecule has 0 aliphatic carbocycles. The highest BCUT2D eigenvalue weighted by atomic mass is 19.4. The van der Waals surface area contributed by atoms with E-state index >= 15 is 0 Å². The van der Waals surface area contributed by atoms with Gasteiger partial charge in [0.1, 0.15) is 5.60 Å². The summed E-state index contributed by atoms with van der Waals surface area (Å²) in [6.07, 6.45) is -4.76. The van der Waals surface area contributed by atoms with E-state index in [0.717, 1.165) is 12.1 Å². The van der Waals surface area contributed by atoms with Gasteiger partial charge in [0.2, 0.25) is 0 Å². The number of benzene rings is 1. The lowest BCUT2D eigenvalue weighted by atomic mass is 10.0. The molecular weight excluding hydrogens is 275 g/mol. The number of cyclic esters (lactones) is 1. The van der Waals surface area contributed by atoms with Gasteiger partial charge in [0.05, 0.1) is 12.1 Å². The molecule has 2 rings (SSSR count). The van der Waals surface area contributed by atoms with Crippen molar-refractivity contribution in [1.82, 2.24) is 0 Å². The first kappa shape index (κ1) is 14.6. The zero-order chi connectivity index (χ0) is 15.0. The van der Waals surface area contributed by atoms with Crippen LogP contribution in [0.1, 0.15) is 18.9 Å². The summed E-state index contributed by atoms with van der Waals surface area (Å²) in [6.45, 7) is 1.73. The molecule has 1 aromatic carbocycles. The minimum atomic E-state index is -4.41. The van der Waals surface area contributed by atoms with Crippen molar-refractivity contribution in [2.75, 3.05) is 18.1 Å². The van der Waals surface area contributed by atoms with Crippen molar-refractivity contribution in [3.8, 4) is 0 Å². The first-order valence-electron chi connectivity index (χ1n) is 6.04. The monoisotopic (exact) mass is 289 g/mol. The fourth-order valence-corrected chi connectivity index (χ4v) is 2.09. The summed E-state index contributed by atoms with van der Waals surface area (Å²) in [7, 11) is 0. The van der Waals surface area contributed by atoms with Crippen LogP contribution in [0, 0.1) is 0 Å². The van der Waals surface area contributed by atoms with Crippen LogP contribution in [0.15, 0.2) is 24.3 Å². The Bertz CT molecular complexity index is 501. The maximum Gasteiger partial charge on any atom is 0.416 e. The second-order valence-electron chi connectivity index (χ2n) is 4.92. The number of carbonyl (C=O) groups is 1. The number of nitrogens with zero attached hydrogens (tertiary/aromatic N) is 1. The lowest BCUT2D eigenvalue weighted by molar-refractivity contribution is -0.137. The molecule has 1 fully saturated rings. The molecule has 0 saturated carbocycles. The number of hydrogen-bond donors (Lipinski definition) is 1. The van der Waals surface area contributed by atoms with Gasteiger partial charge in [-0.3, -0.25) is 4.90 Å². The van der Waals surface area contributed by atoms with Gasteiger partial charge in [0.15, 0.2) is 0 Å². The van der Waals surface area contributed by atoms with Crippen molar-refractivity contribution in [2.45, 2.75) is 25.1 Å². The summed E-state index contributed by atoms with van der Waals surface area (Å²) in [6, 6.07) is 4.30. The van der Waals surface area contributed by atoms with Crippen molar-refractivity contribution in [2.24, 2.45) is 0 Å². The van der Waals surface area contributed by atoms with E-state index in [-0.39, 0.29) is 19.6 Å². The van der Waals surface area contributed by atoms with Gasteiger partial charge < -0.3 is 9.84 Å². The number of aliphatic hydroxyl groups is 1. The number of halogens is 3. The molecule has 1 saturated heterocycles. The normalized spacial score (nSPS) is 23.1. The SMILES string of the molecule is CC1(CCO)CN(c2ccc(C(F)(F)F)cc2)C(=O)O1. The van der Waals surface area contributed by atoms with Gasteiger partial charge in [0.25, 0.3) is 0 Å². The second kappa shape index (κ2) is 4.97. The van der Waals surface area contributed by atoms with Crippen molar-refractivity contribution in [3.63, 3.8) is 0 Å². The molecule has 1 atom stereocenters. The molecule has 0 bridgehead atoms. The third-order valence-corrected chi connectivity index (χ3v) is 3.19. The van der Waals surface area contributed by atoms with Crippen LogP contribution in [0.2, 0.25) is 0 Å². The van der Waals surface area contributed by atoms with Gasteiger partial charge in [0, 0.05) is 18.7 Å². The second-order valence-corrected chi connectivity index (χ2v) is 4.92. The van der Waals surface area contributed by atoms with Crippen LogP contribution >= 0.6 is 0 Å². The average molecular weight is 289 g/mol. The van der Waals surface area contributed by atoms with E-state index in [1.165, 1.54) is 17.0 Å². The molecule has 1 amide bonds. The first-order chi connectivity index (χ1) is 9.25. The molecule has 1 heterocycles. The Hall–Kier alpha value is -1.76. The predicted octanol–water partition coefficient (Wildman–Crippen LogP) is 2.80. The minimum absolute atomic E-state index is 0.134. The molecule has 7 heteroatoms. The van der Waals surface area contributed by atoms with Gasteiger partial charge in [-0.25, -0.2) is 4.79 Å². The summed E-state index contributed by atoms with van der Waals surface area (Å²) in [5.74, 6) is 0. The van der Waals surface area contributed by atoms with E-state index in [1.807, 2.05) is 0 Å². The van der Waals surface area contributed by atoms with E-state index in [1.54, 1.807) is 6.92 Å². The third-order valence-electron chi connectivity index (χ3n) is 3.19. The van der Waals surface area contributed by atoms with Crippen LogP contribution in [0.3, 0.4) is 0 Å². The minimum Gasteiger partial charge on any atom is -0.441 e. The maximum atomic E-state index is 12.5. The lowest BCUT2D eigenvalue weighted by Gasteiger charge is -2.20. The quantitative estimate of drug-likeness (QED) is 0.931. The van der Waals surface area contributed by atoms with E-state index in [0.29, 0.717) is 5.69 Å². The standard InChI is InChI=1S/C13H14F3NO3/c1-12(6-7-18)8-17(11(19)20-12)10-4-2-9(3-5-10)13(14,15)16/h2-5,18H,6-8H2,1H3. The number of carbonyl (C=O) groups excluding carboxylic acids is 1. The Morgan fingerprint density at radius 2 is 1.95 bits per heavy atom. The zero-order valence-electron chi connectivity index (χ0n) is 10.8. The topological polar surface area (TPSA) is 49.8 Å². The number of alkyl halides is 3. The third kappa shape index (κ3) is 2.87. The molecule has 4 nitrogen and oxygen atoms in total. The number of ether oxygens (including phenoxy) is 1. The van der Waals surface area contributed by atoms with Crippen LogP contribution in [0.4, 0.5) is 23.7 Å². The highest BCUT2D eigenvalue weighted by molar-refractivity contribution is 5.90. The van der Waals surface area contributed by atoms with Crippen molar-refractivity contribution >= 4 is 11.8 Å².